The number of ketones is 1. The van der Waals surface area contributed by atoms with Gasteiger partial charge < -0.3 is 9.72 Å². The van der Waals surface area contributed by atoms with E-state index in [9.17, 15) is 14.4 Å². The number of fused-ring (bicyclic) bond motifs is 3. The summed E-state index contributed by atoms with van der Waals surface area (Å²) >= 11 is 1.16. The second-order valence-electron chi connectivity index (χ2n) is 5.65. The van der Waals surface area contributed by atoms with Crippen molar-refractivity contribution in [2.75, 3.05) is 12.4 Å². The zero-order chi connectivity index (χ0) is 18.7. The van der Waals surface area contributed by atoms with Crippen molar-refractivity contribution < 1.29 is 14.3 Å². The molecule has 136 valence electrons. The topological polar surface area (TPSA) is 94.1 Å². The number of nitrogens with zero attached hydrogens (tertiary/aromatic N) is 2. The number of para-hydroxylation sites is 1. The van der Waals surface area contributed by atoms with E-state index in [0.29, 0.717) is 22.7 Å². The number of esters is 1. The molecule has 1 N–H and O–H groups in total. The van der Waals surface area contributed by atoms with Gasteiger partial charge in [0.2, 0.25) is 0 Å². The van der Waals surface area contributed by atoms with Gasteiger partial charge in [0.05, 0.1) is 12.4 Å². The van der Waals surface area contributed by atoms with Crippen LogP contribution < -0.4 is 5.56 Å². The van der Waals surface area contributed by atoms with Crippen molar-refractivity contribution >= 4 is 45.5 Å². The summed E-state index contributed by atoms with van der Waals surface area (Å²) in [6.07, 6.45) is -0.271. The molecule has 3 rings (SSSR count). The average Bonchev–Trinajstić information content (AvgIpc) is 2.99. The Kier molecular flexibility index (Phi) is 5.41. The minimum Gasteiger partial charge on any atom is -0.466 e. The Morgan fingerprint density at radius 1 is 1.27 bits per heavy atom. The van der Waals surface area contributed by atoms with Crippen LogP contribution in [0.2, 0.25) is 0 Å². The Hall–Kier alpha value is -2.61. The van der Waals surface area contributed by atoms with Gasteiger partial charge in [-0.2, -0.15) is 0 Å². The third kappa shape index (κ3) is 3.50. The van der Waals surface area contributed by atoms with Crippen LogP contribution in [0.4, 0.5) is 0 Å². The first-order valence-corrected chi connectivity index (χ1v) is 9.35. The van der Waals surface area contributed by atoms with Crippen molar-refractivity contribution in [3.63, 3.8) is 0 Å². The zero-order valence-electron chi connectivity index (χ0n) is 14.6. The maximum absolute atomic E-state index is 12.8. The lowest BCUT2D eigenvalue weighted by molar-refractivity contribution is -0.145. The first kappa shape index (κ1) is 18.2. The minimum absolute atomic E-state index is 0.0547. The SMILES string of the molecule is CCOC(=O)CC(=O)CSc1nc2c([nH]c3ccccc32)c(=O)n1CC. The summed E-state index contributed by atoms with van der Waals surface area (Å²) < 4.78 is 6.31. The molecule has 0 aliphatic heterocycles. The largest absolute Gasteiger partial charge is 0.466 e. The number of rotatable bonds is 7. The molecule has 0 spiro atoms. The van der Waals surface area contributed by atoms with Gasteiger partial charge in [-0.3, -0.25) is 19.0 Å². The van der Waals surface area contributed by atoms with Crippen molar-refractivity contribution in [1.82, 2.24) is 14.5 Å². The van der Waals surface area contributed by atoms with Crippen molar-refractivity contribution in [1.29, 1.82) is 0 Å². The highest BCUT2D eigenvalue weighted by molar-refractivity contribution is 7.99. The molecule has 26 heavy (non-hydrogen) atoms. The number of aromatic nitrogens is 3. The molecule has 0 aliphatic carbocycles. The average molecular weight is 373 g/mol. The van der Waals surface area contributed by atoms with Gasteiger partial charge in [0, 0.05) is 17.4 Å². The fraction of sp³-hybridized carbons (Fsp3) is 0.333. The fourth-order valence-electron chi connectivity index (χ4n) is 2.73. The summed E-state index contributed by atoms with van der Waals surface area (Å²) in [4.78, 5) is 43.9. The number of benzene rings is 1. The van der Waals surface area contributed by atoms with Gasteiger partial charge in [0.15, 0.2) is 10.9 Å². The first-order chi connectivity index (χ1) is 12.5. The molecule has 3 aromatic rings. The van der Waals surface area contributed by atoms with Crippen LogP contribution in [0.1, 0.15) is 20.3 Å². The zero-order valence-corrected chi connectivity index (χ0v) is 15.4. The van der Waals surface area contributed by atoms with Crippen LogP contribution in [0, 0.1) is 0 Å². The predicted octanol–water partition coefficient (Wildman–Crippen LogP) is 2.51. The van der Waals surface area contributed by atoms with Gasteiger partial charge in [-0.1, -0.05) is 30.0 Å². The Labute approximate surface area is 153 Å². The van der Waals surface area contributed by atoms with Crippen LogP contribution in [0.25, 0.3) is 21.9 Å². The van der Waals surface area contributed by atoms with Crippen molar-refractivity contribution in [2.24, 2.45) is 0 Å². The quantitative estimate of drug-likeness (QED) is 0.296. The summed E-state index contributed by atoms with van der Waals surface area (Å²) in [5.41, 5.74) is 1.72. The van der Waals surface area contributed by atoms with E-state index in [4.69, 9.17) is 4.74 Å². The van der Waals surface area contributed by atoms with E-state index in [-0.39, 0.29) is 30.1 Å². The van der Waals surface area contributed by atoms with Gasteiger partial charge in [-0.25, -0.2) is 4.98 Å². The van der Waals surface area contributed by atoms with Gasteiger partial charge in [-0.05, 0) is 19.9 Å². The molecule has 0 radical (unpaired) electrons. The summed E-state index contributed by atoms with van der Waals surface area (Å²) in [6.45, 7) is 4.22. The Balaban J connectivity index is 1.92. The number of nitrogens with one attached hydrogen (secondary N) is 1. The number of aromatic amines is 1. The lowest BCUT2D eigenvalue weighted by Gasteiger charge is -2.09. The van der Waals surface area contributed by atoms with Crippen molar-refractivity contribution in [3.05, 3.63) is 34.6 Å². The number of hydrogen-bond donors (Lipinski definition) is 1. The lowest BCUT2D eigenvalue weighted by Crippen LogP contribution is -2.23. The number of carbonyl (C=O) groups excluding carboxylic acids is 2. The minimum atomic E-state index is -0.536. The van der Waals surface area contributed by atoms with Crippen LogP contribution in [0.5, 0.6) is 0 Å². The first-order valence-electron chi connectivity index (χ1n) is 8.36. The van der Waals surface area contributed by atoms with Gasteiger partial charge in [0.1, 0.15) is 17.5 Å². The molecule has 0 amide bonds. The van der Waals surface area contributed by atoms with Crippen LogP contribution in [0.15, 0.2) is 34.2 Å². The molecule has 2 aromatic heterocycles. The molecule has 0 saturated heterocycles. The molecular weight excluding hydrogens is 354 g/mol. The van der Waals surface area contributed by atoms with Gasteiger partial charge >= 0.3 is 5.97 Å². The molecular formula is C18H19N3O4S. The van der Waals surface area contributed by atoms with Gasteiger partial charge in [-0.15, -0.1) is 0 Å². The Morgan fingerprint density at radius 3 is 2.77 bits per heavy atom. The predicted molar refractivity (Wildman–Crippen MR) is 101 cm³/mol. The molecule has 8 heteroatoms. The Bertz CT molecular complexity index is 1040. The lowest BCUT2D eigenvalue weighted by atomic mass is 10.2. The van der Waals surface area contributed by atoms with Gasteiger partial charge in [0.25, 0.3) is 5.56 Å². The summed E-state index contributed by atoms with van der Waals surface area (Å²) in [7, 11) is 0. The molecule has 0 fully saturated rings. The highest BCUT2D eigenvalue weighted by Gasteiger charge is 2.17. The van der Waals surface area contributed by atoms with E-state index in [2.05, 4.69) is 9.97 Å². The third-order valence-electron chi connectivity index (χ3n) is 3.90. The summed E-state index contributed by atoms with van der Waals surface area (Å²) in [5, 5.41) is 1.33. The normalized spacial score (nSPS) is 11.2. The maximum atomic E-state index is 12.8. The number of thioether (sulfide) groups is 1. The number of H-pyrrole nitrogens is 1. The van der Waals surface area contributed by atoms with E-state index >= 15 is 0 Å². The monoisotopic (exact) mass is 373 g/mol. The van der Waals surface area contributed by atoms with E-state index < -0.39 is 5.97 Å². The summed E-state index contributed by atoms with van der Waals surface area (Å²) in [6, 6.07) is 7.57. The molecule has 1 aromatic carbocycles. The molecule has 0 bridgehead atoms. The van der Waals surface area contributed by atoms with Crippen molar-refractivity contribution in [2.45, 2.75) is 32.0 Å². The van der Waals surface area contributed by atoms with E-state index in [1.54, 1.807) is 6.92 Å². The number of hydrogen-bond acceptors (Lipinski definition) is 6. The second-order valence-corrected chi connectivity index (χ2v) is 6.59. The Morgan fingerprint density at radius 2 is 2.04 bits per heavy atom. The highest BCUT2D eigenvalue weighted by Crippen LogP contribution is 2.24. The van der Waals surface area contributed by atoms with Crippen LogP contribution in [-0.4, -0.2) is 38.6 Å². The maximum Gasteiger partial charge on any atom is 0.313 e. The molecule has 0 aliphatic rings. The summed E-state index contributed by atoms with van der Waals surface area (Å²) in [5.74, 6) is -0.741. The highest BCUT2D eigenvalue weighted by atomic mass is 32.2. The number of ether oxygens (including phenoxy) is 1. The van der Waals surface area contributed by atoms with E-state index in [1.165, 1.54) is 4.57 Å². The molecule has 0 unspecified atom stereocenters. The third-order valence-corrected chi connectivity index (χ3v) is 4.94. The molecule has 0 saturated carbocycles. The molecule has 7 nitrogen and oxygen atoms in total. The fourth-order valence-corrected chi connectivity index (χ4v) is 3.65. The van der Waals surface area contributed by atoms with Crippen LogP contribution in [0.3, 0.4) is 0 Å². The molecule has 2 heterocycles. The smallest absolute Gasteiger partial charge is 0.313 e. The van der Waals surface area contributed by atoms with E-state index in [1.807, 2.05) is 31.2 Å². The number of carbonyl (C=O) groups is 2. The second kappa shape index (κ2) is 7.74. The molecule has 0 atom stereocenters. The standard InChI is InChI=1S/C18H19N3O4S/c1-3-21-17(24)16-15(12-7-5-6-8-13(12)19-16)20-18(21)26-10-11(22)9-14(23)25-4-2/h5-8,19H,3-4,9-10H2,1-2H3. The number of Topliss-reactive ketones (excluding diaryl/α,β-unsaturated/α-hetero) is 1. The van der Waals surface area contributed by atoms with E-state index in [0.717, 1.165) is 22.7 Å². The van der Waals surface area contributed by atoms with Crippen LogP contribution in [-0.2, 0) is 20.9 Å². The van der Waals surface area contributed by atoms with Crippen LogP contribution >= 0.6 is 11.8 Å². The van der Waals surface area contributed by atoms with Crippen molar-refractivity contribution in [3.8, 4) is 0 Å².